The Labute approximate surface area is 112 Å². The molecule has 0 spiro atoms. The minimum Gasteiger partial charge on any atom is -0.367 e. The van der Waals surface area contributed by atoms with E-state index in [-0.39, 0.29) is 5.82 Å². The van der Waals surface area contributed by atoms with E-state index in [1.54, 1.807) is 16.8 Å². The Morgan fingerprint density at radius 3 is 2.89 bits per heavy atom. The minimum absolute atomic E-state index is 0.221. The van der Waals surface area contributed by atoms with Gasteiger partial charge in [-0.2, -0.15) is 5.10 Å². The molecule has 1 aromatic carbocycles. The maximum atomic E-state index is 13.3. The second kappa shape index (κ2) is 6.33. The van der Waals surface area contributed by atoms with Gasteiger partial charge in [0.05, 0.1) is 6.20 Å². The number of rotatable bonds is 6. The van der Waals surface area contributed by atoms with Gasteiger partial charge in [-0.05, 0) is 31.2 Å². The number of benzene rings is 1. The lowest BCUT2D eigenvalue weighted by Crippen LogP contribution is -2.25. The van der Waals surface area contributed by atoms with E-state index in [0.717, 1.165) is 24.2 Å². The zero-order valence-corrected chi connectivity index (χ0v) is 11.1. The Balaban J connectivity index is 2.15. The van der Waals surface area contributed by atoms with Crippen molar-refractivity contribution in [2.24, 2.45) is 12.8 Å². The van der Waals surface area contributed by atoms with Crippen LogP contribution in [0, 0.1) is 5.82 Å². The van der Waals surface area contributed by atoms with Crippen LogP contribution in [0.15, 0.2) is 36.7 Å². The summed E-state index contributed by atoms with van der Waals surface area (Å²) in [5.74, 6) is -0.221. The van der Waals surface area contributed by atoms with Crippen molar-refractivity contribution in [2.75, 3.05) is 18.0 Å². The van der Waals surface area contributed by atoms with Gasteiger partial charge in [-0.3, -0.25) is 4.68 Å². The van der Waals surface area contributed by atoms with Crippen LogP contribution >= 0.6 is 0 Å². The molecule has 0 radical (unpaired) electrons. The van der Waals surface area contributed by atoms with Gasteiger partial charge in [0, 0.05) is 37.6 Å². The van der Waals surface area contributed by atoms with Crippen molar-refractivity contribution >= 4 is 5.69 Å². The summed E-state index contributed by atoms with van der Waals surface area (Å²) in [5, 5.41) is 4.15. The lowest BCUT2D eigenvalue weighted by molar-refractivity contribution is 0.625. The van der Waals surface area contributed by atoms with Crippen molar-refractivity contribution < 1.29 is 4.39 Å². The van der Waals surface area contributed by atoms with Gasteiger partial charge in [0.25, 0.3) is 0 Å². The Morgan fingerprint density at radius 1 is 1.42 bits per heavy atom. The van der Waals surface area contributed by atoms with Gasteiger partial charge in [-0.15, -0.1) is 0 Å². The first-order valence-electron chi connectivity index (χ1n) is 6.37. The monoisotopic (exact) mass is 262 g/mol. The highest BCUT2D eigenvalue weighted by Gasteiger charge is 2.09. The van der Waals surface area contributed by atoms with E-state index >= 15 is 0 Å². The summed E-state index contributed by atoms with van der Waals surface area (Å²) in [6.07, 6.45) is 4.67. The molecule has 5 heteroatoms. The van der Waals surface area contributed by atoms with Crippen molar-refractivity contribution in [2.45, 2.75) is 13.0 Å². The second-order valence-electron chi connectivity index (χ2n) is 4.57. The van der Waals surface area contributed by atoms with Crippen LogP contribution in [0.4, 0.5) is 10.1 Å². The topological polar surface area (TPSA) is 47.1 Å². The fourth-order valence-electron chi connectivity index (χ4n) is 2.03. The molecule has 2 rings (SSSR count). The van der Waals surface area contributed by atoms with Crippen molar-refractivity contribution in [3.8, 4) is 0 Å². The molecule has 0 bridgehead atoms. The van der Waals surface area contributed by atoms with Gasteiger partial charge in [0.1, 0.15) is 5.82 Å². The van der Waals surface area contributed by atoms with Crippen LogP contribution in [0.1, 0.15) is 12.0 Å². The highest BCUT2D eigenvalue weighted by atomic mass is 19.1. The number of anilines is 1. The summed E-state index contributed by atoms with van der Waals surface area (Å²) < 4.78 is 15.1. The maximum Gasteiger partial charge on any atom is 0.125 e. The molecule has 4 nitrogen and oxygen atoms in total. The number of hydrogen-bond donors (Lipinski definition) is 1. The zero-order chi connectivity index (χ0) is 13.7. The van der Waals surface area contributed by atoms with Crippen LogP contribution in [-0.2, 0) is 13.6 Å². The molecule has 2 N–H and O–H groups in total. The predicted octanol–water partition coefficient (Wildman–Crippen LogP) is 1.91. The van der Waals surface area contributed by atoms with E-state index in [2.05, 4.69) is 10.00 Å². The Hall–Kier alpha value is -1.88. The molecule has 19 heavy (non-hydrogen) atoms. The third-order valence-corrected chi connectivity index (χ3v) is 2.94. The molecule has 0 aliphatic heterocycles. The molecule has 0 aliphatic carbocycles. The number of halogens is 1. The third kappa shape index (κ3) is 3.79. The van der Waals surface area contributed by atoms with Crippen molar-refractivity contribution in [3.63, 3.8) is 0 Å². The second-order valence-corrected chi connectivity index (χ2v) is 4.57. The van der Waals surface area contributed by atoms with Gasteiger partial charge in [0.2, 0.25) is 0 Å². The van der Waals surface area contributed by atoms with Crippen LogP contribution in [0.5, 0.6) is 0 Å². The summed E-state index contributed by atoms with van der Waals surface area (Å²) in [6, 6.07) is 6.64. The molecule has 0 amide bonds. The molecular formula is C14H19FN4. The van der Waals surface area contributed by atoms with Crippen molar-refractivity contribution in [3.05, 3.63) is 48.0 Å². The number of hydrogen-bond acceptors (Lipinski definition) is 3. The third-order valence-electron chi connectivity index (χ3n) is 2.94. The minimum atomic E-state index is -0.221. The van der Waals surface area contributed by atoms with Crippen LogP contribution in [0.2, 0.25) is 0 Å². The van der Waals surface area contributed by atoms with E-state index < -0.39 is 0 Å². The van der Waals surface area contributed by atoms with E-state index in [4.69, 9.17) is 5.73 Å². The summed E-state index contributed by atoms with van der Waals surface area (Å²) >= 11 is 0. The van der Waals surface area contributed by atoms with Crippen molar-refractivity contribution in [1.82, 2.24) is 9.78 Å². The first-order chi connectivity index (χ1) is 9.19. The van der Waals surface area contributed by atoms with E-state index in [1.807, 2.05) is 25.5 Å². The predicted molar refractivity (Wildman–Crippen MR) is 74.3 cm³/mol. The van der Waals surface area contributed by atoms with Gasteiger partial charge >= 0.3 is 0 Å². The summed E-state index contributed by atoms with van der Waals surface area (Å²) in [4.78, 5) is 2.12. The first kappa shape index (κ1) is 13.5. The normalized spacial score (nSPS) is 10.7. The van der Waals surface area contributed by atoms with Gasteiger partial charge < -0.3 is 10.6 Å². The molecule has 0 saturated carbocycles. The molecule has 1 heterocycles. The van der Waals surface area contributed by atoms with E-state index in [9.17, 15) is 4.39 Å². The van der Waals surface area contributed by atoms with Gasteiger partial charge in [0.15, 0.2) is 0 Å². The molecule has 0 aliphatic rings. The Bertz CT molecular complexity index is 524. The summed E-state index contributed by atoms with van der Waals surface area (Å²) in [6.45, 7) is 2.13. The smallest absolute Gasteiger partial charge is 0.125 e. The fraction of sp³-hybridized carbons (Fsp3) is 0.357. The number of aryl methyl sites for hydroxylation is 1. The Kier molecular flexibility index (Phi) is 4.52. The molecule has 1 aromatic heterocycles. The lowest BCUT2D eigenvalue weighted by atomic mass is 10.2. The summed E-state index contributed by atoms with van der Waals surface area (Å²) in [5.41, 5.74) is 7.54. The number of aromatic nitrogens is 2. The van der Waals surface area contributed by atoms with Crippen LogP contribution < -0.4 is 10.6 Å². The standard InChI is InChI=1S/C14H19FN4/c1-18-10-12(9-17-18)11-19(7-3-6-16)14-5-2-4-13(15)8-14/h2,4-5,8-10H,3,6-7,11,16H2,1H3. The lowest BCUT2D eigenvalue weighted by Gasteiger charge is -2.24. The summed E-state index contributed by atoms with van der Waals surface area (Å²) in [7, 11) is 1.88. The Morgan fingerprint density at radius 2 is 2.26 bits per heavy atom. The highest BCUT2D eigenvalue weighted by Crippen LogP contribution is 2.18. The van der Waals surface area contributed by atoms with Crippen LogP contribution in [0.25, 0.3) is 0 Å². The molecule has 2 aromatic rings. The highest BCUT2D eigenvalue weighted by molar-refractivity contribution is 5.46. The molecule has 0 unspecified atom stereocenters. The average Bonchev–Trinajstić information content (AvgIpc) is 2.80. The number of nitrogens with two attached hydrogens (primary N) is 1. The van der Waals surface area contributed by atoms with E-state index in [0.29, 0.717) is 13.1 Å². The first-order valence-corrected chi connectivity index (χ1v) is 6.37. The molecule has 0 atom stereocenters. The molecule has 0 saturated heterocycles. The number of nitrogens with zero attached hydrogens (tertiary/aromatic N) is 3. The van der Waals surface area contributed by atoms with Crippen molar-refractivity contribution in [1.29, 1.82) is 0 Å². The zero-order valence-electron chi connectivity index (χ0n) is 11.1. The van der Waals surface area contributed by atoms with Crippen LogP contribution in [0.3, 0.4) is 0 Å². The maximum absolute atomic E-state index is 13.3. The average molecular weight is 262 g/mol. The van der Waals surface area contributed by atoms with Gasteiger partial charge in [-0.1, -0.05) is 6.07 Å². The SMILES string of the molecule is Cn1cc(CN(CCCN)c2cccc(F)c2)cn1. The quantitative estimate of drug-likeness (QED) is 0.865. The molecule has 102 valence electrons. The van der Waals surface area contributed by atoms with E-state index in [1.165, 1.54) is 6.07 Å². The largest absolute Gasteiger partial charge is 0.367 e. The molecular weight excluding hydrogens is 243 g/mol. The fourth-order valence-corrected chi connectivity index (χ4v) is 2.03. The van der Waals surface area contributed by atoms with Gasteiger partial charge in [-0.25, -0.2) is 4.39 Å². The van der Waals surface area contributed by atoms with Crippen LogP contribution in [-0.4, -0.2) is 22.9 Å². The molecule has 0 fully saturated rings.